The third kappa shape index (κ3) is 6.17. The van der Waals surface area contributed by atoms with Crippen molar-refractivity contribution in [2.75, 3.05) is 0 Å². The summed E-state index contributed by atoms with van der Waals surface area (Å²) in [6, 6.07) is 17.1. The fourth-order valence-corrected chi connectivity index (χ4v) is 4.25. The van der Waals surface area contributed by atoms with E-state index in [1.807, 2.05) is 30.3 Å². The summed E-state index contributed by atoms with van der Waals surface area (Å²) in [4.78, 5) is 25.3. The lowest BCUT2D eigenvalue weighted by Crippen LogP contribution is -2.42. The normalized spacial score (nSPS) is 20.1. The minimum Gasteiger partial charge on any atom is -0.409 e. The van der Waals surface area contributed by atoms with Gasteiger partial charge in [-0.2, -0.15) is 0 Å². The molecule has 0 bridgehead atoms. The lowest BCUT2D eigenvalue weighted by atomic mass is 9.77. The summed E-state index contributed by atoms with van der Waals surface area (Å²) in [6.45, 7) is 1.76. The monoisotopic (exact) mass is 421 g/mol. The lowest BCUT2D eigenvalue weighted by Gasteiger charge is -2.29. The van der Waals surface area contributed by atoms with Gasteiger partial charge in [-0.25, -0.2) is 0 Å². The largest absolute Gasteiger partial charge is 0.409 e. The van der Waals surface area contributed by atoms with E-state index in [0.29, 0.717) is 24.3 Å². The van der Waals surface area contributed by atoms with Crippen molar-refractivity contribution in [2.45, 2.75) is 57.4 Å². The molecule has 164 valence electrons. The molecule has 1 amide bonds. The van der Waals surface area contributed by atoms with Crippen LogP contribution in [0.15, 0.2) is 59.8 Å². The molecule has 1 fully saturated rings. The summed E-state index contributed by atoms with van der Waals surface area (Å²) >= 11 is 0. The fraction of sp³-hybridized carbons (Fsp3) is 0.400. The van der Waals surface area contributed by atoms with Crippen LogP contribution >= 0.6 is 0 Å². The number of hydrogen-bond acceptors (Lipinski definition) is 4. The second-order valence-electron chi connectivity index (χ2n) is 8.35. The number of aryl methyl sites for hydroxylation is 1. The molecular formula is C25H31N3O3. The highest BCUT2D eigenvalue weighted by Crippen LogP contribution is 2.36. The number of oxime groups is 1. The quantitative estimate of drug-likeness (QED) is 0.261. The summed E-state index contributed by atoms with van der Waals surface area (Å²) in [5.74, 6) is 0.426. The second-order valence-corrected chi connectivity index (χ2v) is 8.35. The van der Waals surface area contributed by atoms with E-state index in [1.165, 1.54) is 5.56 Å². The Morgan fingerprint density at radius 3 is 2.52 bits per heavy atom. The smallest absolute Gasteiger partial charge is 0.223 e. The number of carbonyl (C=O) groups is 2. The summed E-state index contributed by atoms with van der Waals surface area (Å²) in [5, 5.41) is 14.6. The predicted octanol–water partition coefficient (Wildman–Crippen LogP) is 3.76. The molecule has 1 aliphatic rings. The molecule has 3 rings (SSSR count). The van der Waals surface area contributed by atoms with Crippen molar-refractivity contribution in [2.24, 2.45) is 16.8 Å². The number of hydrogen-bond donors (Lipinski definition) is 3. The summed E-state index contributed by atoms with van der Waals surface area (Å²) in [7, 11) is 0. The molecule has 0 spiro atoms. The van der Waals surface area contributed by atoms with Gasteiger partial charge >= 0.3 is 0 Å². The van der Waals surface area contributed by atoms with Gasteiger partial charge in [0, 0.05) is 17.9 Å². The third-order valence-corrected chi connectivity index (χ3v) is 6.18. The molecule has 2 aromatic carbocycles. The van der Waals surface area contributed by atoms with Crippen LogP contribution in [0, 0.1) is 5.92 Å². The fourth-order valence-electron chi connectivity index (χ4n) is 4.25. The van der Waals surface area contributed by atoms with Crippen LogP contribution < -0.4 is 11.1 Å². The number of rotatable bonds is 8. The first kappa shape index (κ1) is 22.5. The molecule has 0 aliphatic heterocycles. The first-order chi connectivity index (χ1) is 15.0. The lowest BCUT2D eigenvalue weighted by molar-refractivity contribution is -0.130. The average Bonchev–Trinajstić information content (AvgIpc) is 2.82. The molecule has 0 unspecified atom stereocenters. The number of amides is 1. The van der Waals surface area contributed by atoms with Crippen LogP contribution in [0.5, 0.6) is 0 Å². The van der Waals surface area contributed by atoms with Crippen LogP contribution in [-0.4, -0.2) is 28.8 Å². The van der Waals surface area contributed by atoms with E-state index in [2.05, 4.69) is 22.6 Å². The number of nitrogens with one attached hydrogen (secondary N) is 1. The molecule has 1 saturated carbocycles. The number of benzene rings is 2. The highest BCUT2D eigenvalue weighted by molar-refractivity contribution is 5.97. The molecule has 2 aromatic rings. The summed E-state index contributed by atoms with van der Waals surface area (Å²) in [5.41, 5.74) is 8.47. The maximum absolute atomic E-state index is 12.8. The van der Waals surface area contributed by atoms with Crippen LogP contribution in [0.25, 0.3) is 0 Å². The Kier molecular flexibility index (Phi) is 7.82. The molecule has 31 heavy (non-hydrogen) atoms. The van der Waals surface area contributed by atoms with Gasteiger partial charge in [0.05, 0.1) is 6.04 Å². The van der Waals surface area contributed by atoms with Crippen LogP contribution in [0.3, 0.4) is 0 Å². The highest BCUT2D eigenvalue weighted by atomic mass is 16.4. The number of amidine groups is 1. The molecule has 0 radical (unpaired) electrons. The van der Waals surface area contributed by atoms with E-state index < -0.39 is 6.04 Å². The number of Topliss-reactive ketones (excluding diaryl/α,β-unsaturated/α-hetero) is 1. The van der Waals surface area contributed by atoms with Gasteiger partial charge in [-0.15, -0.1) is 0 Å². The Labute approximate surface area is 183 Å². The van der Waals surface area contributed by atoms with Crippen LogP contribution in [-0.2, 0) is 16.0 Å². The van der Waals surface area contributed by atoms with Gasteiger partial charge in [0.1, 0.15) is 0 Å². The number of nitrogens with two attached hydrogens (primary N) is 1. The molecule has 4 N–H and O–H groups in total. The zero-order valence-corrected chi connectivity index (χ0v) is 18.0. The number of ketones is 1. The van der Waals surface area contributed by atoms with E-state index in [4.69, 9.17) is 10.9 Å². The maximum atomic E-state index is 12.8. The molecule has 0 saturated heterocycles. The van der Waals surface area contributed by atoms with E-state index in [-0.39, 0.29) is 23.4 Å². The van der Waals surface area contributed by atoms with E-state index >= 15 is 0 Å². The summed E-state index contributed by atoms with van der Waals surface area (Å²) < 4.78 is 0. The minimum absolute atomic E-state index is 0.00963. The Balaban J connectivity index is 1.48. The Hall–Kier alpha value is -3.15. The van der Waals surface area contributed by atoms with Crippen molar-refractivity contribution in [1.29, 1.82) is 0 Å². The average molecular weight is 422 g/mol. The van der Waals surface area contributed by atoms with Gasteiger partial charge in [-0.3, -0.25) is 9.59 Å². The highest BCUT2D eigenvalue weighted by Gasteiger charge is 2.29. The standard InChI is InChI=1S/C25H31N3O3/c1-17(23(29)15-12-18-10-13-20(14-11-18)24(26)28-31)27-25(30)22-9-5-8-21(16-22)19-6-3-2-4-7-19/h2-4,6-7,10-11,13-14,17,21-22,31H,5,8-9,12,15-16H2,1H3,(H2,26,28)(H,27,30)/t17-,21-,22+/m0/s1. The minimum atomic E-state index is -0.499. The van der Waals surface area contributed by atoms with Crippen molar-refractivity contribution in [3.8, 4) is 0 Å². The van der Waals surface area contributed by atoms with Crippen molar-refractivity contribution in [1.82, 2.24) is 5.32 Å². The molecule has 6 heteroatoms. The Bertz CT molecular complexity index is 909. The van der Waals surface area contributed by atoms with Gasteiger partial charge < -0.3 is 16.3 Å². The van der Waals surface area contributed by atoms with Gasteiger partial charge in [-0.1, -0.05) is 66.2 Å². The van der Waals surface area contributed by atoms with Gasteiger partial charge in [-0.05, 0) is 49.7 Å². The first-order valence-corrected chi connectivity index (χ1v) is 10.9. The van der Waals surface area contributed by atoms with Crippen LogP contribution in [0.2, 0.25) is 0 Å². The van der Waals surface area contributed by atoms with Crippen molar-refractivity contribution >= 4 is 17.5 Å². The molecule has 6 nitrogen and oxygen atoms in total. The third-order valence-electron chi connectivity index (χ3n) is 6.18. The second kappa shape index (κ2) is 10.8. The zero-order valence-electron chi connectivity index (χ0n) is 18.0. The Morgan fingerprint density at radius 2 is 1.84 bits per heavy atom. The topological polar surface area (TPSA) is 105 Å². The van der Waals surface area contributed by atoms with Crippen molar-refractivity contribution < 1.29 is 14.8 Å². The molecule has 0 heterocycles. The van der Waals surface area contributed by atoms with E-state index in [1.54, 1.807) is 19.1 Å². The number of nitrogens with zero attached hydrogens (tertiary/aromatic N) is 1. The number of carbonyl (C=O) groups excluding carboxylic acids is 2. The van der Waals surface area contributed by atoms with Crippen molar-refractivity contribution in [3.05, 3.63) is 71.3 Å². The summed E-state index contributed by atoms with van der Waals surface area (Å²) in [6.07, 6.45) is 4.78. The molecular weight excluding hydrogens is 390 g/mol. The SMILES string of the molecule is C[C@H](NC(=O)[C@@H]1CCC[C@H](c2ccccc2)C1)C(=O)CCc1ccc(/C(N)=N/O)cc1. The van der Waals surface area contributed by atoms with E-state index in [0.717, 1.165) is 31.2 Å². The van der Waals surface area contributed by atoms with Gasteiger partial charge in [0.2, 0.25) is 5.91 Å². The van der Waals surface area contributed by atoms with Crippen molar-refractivity contribution in [3.63, 3.8) is 0 Å². The predicted molar refractivity (Wildman–Crippen MR) is 121 cm³/mol. The molecule has 0 aromatic heterocycles. The molecule has 3 atom stereocenters. The van der Waals surface area contributed by atoms with E-state index in [9.17, 15) is 9.59 Å². The zero-order chi connectivity index (χ0) is 22.2. The maximum Gasteiger partial charge on any atom is 0.223 e. The first-order valence-electron chi connectivity index (χ1n) is 10.9. The van der Waals surface area contributed by atoms with Crippen LogP contribution in [0.1, 0.15) is 61.6 Å². The Morgan fingerprint density at radius 1 is 1.13 bits per heavy atom. The van der Waals surface area contributed by atoms with Gasteiger partial charge in [0.15, 0.2) is 11.6 Å². The van der Waals surface area contributed by atoms with Crippen LogP contribution in [0.4, 0.5) is 0 Å². The van der Waals surface area contributed by atoms with Gasteiger partial charge in [0.25, 0.3) is 0 Å². The molecule has 1 aliphatic carbocycles.